The third kappa shape index (κ3) is 6.17. The van der Waals surface area contributed by atoms with Gasteiger partial charge in [0.2, 0.25) is 0 Å². The van der Waals surface area contributed by atoms with Crippen molar-refractivity contribution in [2.75, 3.05) is 26.2 Å². The molecule has 0 amide bonds. The average molecular weight is 312 g/mol. The summed E-state index contributed by atoms with van der Waals surface area (Å²) in [4.78, 5) is 2.41. The van der Waals surface area contributed by atoms with Crippen molar-refractivity contribution in [3.8, 4) is 0 Å². The van der Waals surface area contributed by atoms with Crippen LogP contribution in [-0.4, -0.2) is 48.5 Å². The second kappa shape index (κ2) is 8.65. The molecule has 0 aromatic heterocycles. The molecule has 0 bridgehead atoms. The van der Waals surface area contributed by atoms with Gasteiger partial charge in [0.05, 0.1) is 18.8 Å². The molecule has 22 heavy (non-hydrogen) atoms. The van der Waals surface area contributed by atoms with E-state index in [2.05, 4.69) is 25.7 Å². The Morgan fingerprint density at radius 2 is 1.59 bits per heavy atom. The second-order valence-electron chi connectivity index (χ2n) is 8.54. The summed E-state index contributed by atoms with van der Waals surface area (Å²) < 4.78 is 6.00. The Hall–Kier alpha value is -0.120. The van der Waals surface area contributed by atoms with E-state index >= 15 is 0 Å². The van der Waals surface area contributed by atoms with Crippen LogP contribution in [-0.2, 0) is 4.74 Å². The van der Waals surface area contributed by atoms with Crippen LogP contribution in [0.1, 0.15) is 72.1 Å². The number of hydrogen-bond acceptors (Lipinski definition) is 3. The van der Waals surface area contributed by atoms with Crippen molar-refractivity contribution in [2.45, 2.75) is 84.3 Å². The average Bonchev–Trinajstić information content (AvgIpc) is 2.73. The van der Waals surface area contributed by atoms with Crippen LogP contribution < -0.4 is 0 Å². The quantitative estimate of drug-likeness (QED) is 0.837. The van der Waals surface area contributed by atoms with Gasteiger partial charge in [0.15, 0.2) is 0 Å². The van der Waals surface area contributed by atoms with Crippen molar-refractivity contribution in [3.63, 3.8) is 0 Å². The van der Waals surface area contributed by atoms with Crippen LogP contribution in [0.4, 0.5) is 0 Å². The number of rotatable bonds is 5. The summed E-state index contributed by atoms with van der Waals surface area (Å²) >= 11 is 0. The number of ether oxygens (including phenoxy) is 1. The van der Waals surface area contributed by atoms with Gasteiger partial charge in [0.25, 0.3) is 0 Å². The summed E-state index contributed by atoms with van der Waals surface area (Å²) in [5, 5.41) is 10.2. The number of aliphatic hydroxyl groups is 1. The molecule has 1 atom stereocenters. The number of hydrogen-bond donors (Lipinski definition) is 1. The van der Waals surface area contributed by atoms with E-state index in [1.165, 1.54) is 51.4 Å². The molecule has 0 radical (unpaired) electrons. The van der Waals surface area contributed by atoms with Gasteiger partial charge in [-0.05, 0) is 62.9 Å². The van der Waals surface area contributed by atoms with E-state index in [1.54, 1.807) is 0 Å². The van der Waals surface area contributed by atoms with Crippen LogP contribution in [0, 0.1) is 11.3 Å². The summed E-state index contributed by atoms with van der Waals surface area (Å²) in [6, 6.07) is 0. The molecule has 0 aromatic carbocycles. The van der Waals surface area contributed by atoms with E-state index in [1.807, 2.05) is 0 Å². The maximum absolute atomic E-state index is 10.2. The molecule has 1 aliphatic heterocycles. The highest BCUT2D eigenvalue weighted by Gasteiger charge is 2.30. The summed E-state index contributed by atoms with van der Waals surface area (Å²) in [5.41, 5.74) is 0.428. The van der Waals surface area contributed by atoms with Gasteiger partial charge in [0.1, 0.15) is 0 Å². The first-order valence-corrected chi connectivity index (χ1v) is 9.47. The Morgan fingerprint density at radius 3 is 2.14 bits per heavy atom. The van der Waals surface area contributed by atoms with Crippen LogP contribution in [0.25, 0.3) is 0 Å². The van der Waals surface area contributed by atoms with Crippen molar-refractivity contribution < 1.29 is 9.84 Å². The lowest BCUT2D eigenvalue weighted by Gasteiger charge is -2.37. The van der Waals surface area contributed by atoms with Crippen molar-refractivity contribution >= 4 is 0 Å². The fraction of sp³-hybridized carbons (Fsp3) is 1.00. The minimum atomic E-state index is -0.321. The van der Waals surface area contributed by atoms with Gasteiger partial charge in [-0.15, -0.1) is 0 Å². The molecular formula is C19H37NO2. The fourth-order valence-electron chi connectivity index (χ4n) is 4.01. The third-order valence-electron chi connectivity index (χ3n) is 5.59. The standard InChI is InChI=1S/C19H37NO2/c1-19(2,3)16-8-10-18(11-9-16)22-15-17(21)14-20-12-6-4-5-7-13-20/h16-18,21H,4-15H2,1-3H3/t16?,17-,18?/m0/s1. The normalized spacial score (nSPS) is 30.0. The first-order valence-electron chi connectivity index (χ1n) is 9.47. The smallest absolute Gasteiger partial charge is 0.0900 e. The zero-order valence-corrected chi connectivity index (χ0v) is 15.0. The Balaban J connectivity index is 1.61. The maximum Gasteiger partial charge on any atom is 0.0900 e. The fourth-order valence-corrected chi connectivity index (χ4v) is 4.01. The van der Waals surface area contributed by atoms with E-state index in [-0.39, 0.29) is 6.10 Å². The van der Waals surface area contributed by atoms with Gasteiger partial charge in [-0.25, -0.2) is 0 Å². The molecule has 2 rings (SSSR count). The molecule has 3 heteroatoms. The molecule has 1 saturated carbocycles. The topological polar surface area (TPSA) is 32.7 Å². The van der Waals surface area contributed by atoms with Gasteiger partial charge in [0, 0.05) is 6.54 Å². The summed E-state index contributed by atoms with van der Waals surface area (Å²) in [6.45, 7) is 10.7. The van der Waals surface area contributed by atoms with Crippen molar-refractivity contribution in [1.29, 1.82) is 0 Å². The zero-order chi connectivity index (χ0) is 16.0. The predicted molar refractivity (Wildman–Crippen MR) is 92.1 cm³/mol. The molecule has 2 fully saturated rings. The minimum Gasteiger partial charge on any atom is -0.389 e. The second-order valence-corrected chi connectivity index (χ2v) is 8.54. The number of nitrogens with zero attached hydrogens (tertiary/aromatic N) is 1. The lowest BCUT2D eigenvalue weighted by atomic mass is 9.72. The molecule has 1 heterocycles. The summed E-state index contributed by atoms with van der Waals surface area (Å²) in [7, 11) is 0. The SMILES string of the molecule is CC(C)(C)C1CCC(OC[C@@H](O)CN2CCCCCC2)CC1. The van der Waals surface area contributed by atoms with E-state index < -0.39 is 0 Å². The van der Waals surface area contributed by atoms with E-state index in [0.717, 1.165) is 25.6 Å². The Bertz CT molecular complexity index is 297. The molecule has 1 aliphatic carbocycles. The number of likely N-dealkylation sites (tertiary alicyclic amines) is 1. The monoisotopic (exact) mass is 311 g/mol. The molecule has 1 saturated heterocycles. The molecular weight excluding hydrogens is 274 g/mol. The van der Waals surface area contributed by atoms with Gasteiger partial charge in [-0.2, -0.15) is 0 Å². The molecule has 3 nitrogen and oxygen atoms in total. The lowest BCUT2D eigenvalue weighted by molar-refractivity contribution is -0.0441. The van der Waals surface area contributed by atoms with E-state index in [0.29, 0.717) is 18.1 Å². The van der Waals surface area contributed by atoms with E-state index in [4.69, 9.17) is 4.74 Å². The van der Waals surface area contributed by atoms with Crippen LogP contribution in [0.2, 0.25) is 0 Å². The highest BCUT2D eigenvalue weighted by molar-refractivity contribution is 4.81. The molecule has 0 unspecified atom stereocenters. The molecule has 2 aliphatic rings. The van der Waals surface area contributed by atoms with Crippen molar-refractivity contribution in [2.24, 2.45) is 11.3 Å². The lowest BCUT2D eigenvalue weighted by Crippen LogP contribution is -2.37. The Labute approximate surface area is 137 Å². The highest BCUT2D eigenvalue weighted by atomic mass is 16.5. The van der Waals surface area contributed by atoms with Crippen LogP contribution >= 0.6 is 0 Å². The van der Waals surface area contributed by atoms with Crippen LogP contribution in [0.15, 0.2) is 0 Å². The number of aliphatic hydroxyl groups excluding tert-OH is 1. The Kier molecular flexibility index (Phi) is 7.17. The van der Waals surface area contributed by atoms with Crippen LogP contribution in [0.5, 0.6) is 0 Å². The van der Waals surface area contributed by atoms with Gasteiger partial charge in [-0.3, -0.25) is 0 Å². The largest absolute Gasteiger partial charge is 0.389 e. The van der Waals surface area contributed by atoms with Gasteiger partial charge >= 0.3 is 0 Å². The van der Waals surface area contributed by atoms with Gasteiger partial charge in [-0.1, -0.05) is 33.6 Å². The summed E-state index contributed by atoms with van der Waals surface area (Å²) in [5.74, 6) is 0.828. The third-order valence-corrected chi connectivity index (χ3v) is 5.59. The first kappa shape index (κ1) is 18.2. The Morgan fingerprint density at radius 1 is 1.00 bits per heavy atom. The highest BCUT2D eigenvalue weighted by Crippen LogP contribution is 2.38. The van der Waals surface area contributed by atoms with Gasteiger partial charge < -0.3 is 14.7 Å². The molecule has 0 aromatic rings. The minimum absolute atomic E-state index is 0.321. The first-order chi connectivity index (χ1) is 10.4. The van der Waals surface area contributed by atoms with Crippen LogP contribution in [0.3, 0.4) is 0 Å². The predicted octanol–water partition coefficient (Wildman–Crippen LogP) is 3.84. The summed E-state index contributed by atoms with van der Waals surface area (Å²) in [6.07, 6.45) is 10.2. The molecule has 1 N–H and O–H groups in total. The zero-order valence-electron chi connectivity index (χ0n) is 15.0. The number of β-amino-alcohol motifs (C(OH)–C–C–N with tert-alkyl or cyclic N) is 1. The van der Waals surface area contributed by atoms with E-state index in [9.17, 15) is 5.11 Å². The molecule has 0 spiro atoms. The van der Waals surface area contributed by atoms with Crippen molar-refractivity contribution in [3.05, 3.63) is 0 Å². The molecule has 130 valence electrons. The van der Waals surface area contributed by atoms with Crippen molar-refractivity contribution in [1.82, 2.24) is 4.90 Å². The maximum atomic E-state index is 10.2.